The summed E-state index contributed by atoms with van der Waals surface area (Å²) in [5, 5.41) is 21.1. The number of aliphatic hydroxyl groups is 1. The molecule has 0 aliphatic rings. The molecular weight excluding hydrogens is 266 g/mol. The van der Waals surface area contributed by atoms with Crippen LogP contribution in [0, 0.1) is 11.3 Å². The van der Waals surface area contributed by atoms with Crippen LogP contribution < -0.4 is 5.32 Å². The second-order valence-corrected chi connectivity index (χ2v) is 4.85. The molecule has 5 heteroatoms. The fraction of sp³-hybridized carbons (Fsp3) is 0.188. The maximum Gasteiger partial charge on any atom is 0.270 e. The van der Waals surface area contributed by atoms with E-state index in [0.717, 1.165) is 5.56 Å². The van der Waals surface area contributed by atoms with E-state index in [2.05, 4.69) is 10.3 Å². The van der Waals surface area contributed by atoms with Crippen LogP contribution in [-0.4, -0.2) is 22.6 Å². The summed E-state index contributed by atoms with van der Waals surface area (Å²) < 4.78 is 0. The van der Waals surface area contributed by atoms with E-state index in [-0.39, 0.29) is 12.3 Å². The van der Waals surface area contributed by atoms with Crippen molar-refractivity contribution >= 4 is 5.91 Å². The van der Waals surface area contributed by atoms with Crippen molar-refractivity contribution in [1.82, 2.24) is 10.3 Å². The fourth-order valence-electron chi connectivity index (χ4n) is 1.92. The third kappa shape index (κ3) is 3.25. The summed E-state index contributed by atoms with van der Waals surface area (Å²) >= 11 is 0. The Balaban J connectivity index is 2.22. The predicted octanol–water partition coefficient (Wildman–Crippen LogP) is 1.59. The Labute approximate surface area is 122 Å². The van der Waals surface area contributed by atoms with Gasteiger partial charge in [-0.1, -0.05) is 30.3 Å². The van der Waals surface area contributed by atoms with Gasteiger partial charge in [-0.05, 0) is 24.6 Å². The Hall–Kier alpha value is -2.71. The van der Waals surface area contributed by atoms with Crippen molar-refractivity contribution < 1.29 is 9.90 Å². The number of nitrogens with zero attached hydrogens (tertiary/aromatic N) is 2. The molecular formula is C16H15N3O2. The fourth-order valence-corrected chi connectivity index (χ4v) is 1.92. The molecule has 0 aliphatic carbocycles. The summed E-state index contributed by atoms with van der Waals surface area (Å²) in [6.07, 6.45) is 1.34. The highest BCUT2D eigenvalue weighted by atomic mass is 16.3. The molecule has 1 unspecified atom stereocenters. The number of carbonyl (C=O) groups excluding carboxylic acids is 1. The van der Waals surface area contributed by atoms with Gasteiger partial charge in [0.05, 0.1) is 17.7 Å². The second kappa shape index (κ2) is 6.16. The molecule has 0 bridgehead atoms. The third-order valence-corrected chi connectivity index (χ3v) is 3.24. The first-order chi connectivity index (χ1) is 10.1. The molecule has 1 atom stereocenters. The van der Waals surface area contributed by atoms with Crippen LogP contribution in [0.3, 0.4) is 0 Å². The number of nitriles is 1. The lowest BCUT2D eigenvalue weighted by atomic mass is 9.92. The van der Waals surface area contributed by atoms with Gasteiger partial charge in [0.15, 0.2) is 0 Å². The summed E-state index contributed by atoms with van der Waals surface area (Å²) in [4.78, 5) is 16.2. The molecule has 0 aliphatic heterocycles. The molecule has 1 heterocycles. The molecule has 0 radical (unpaired) electrons. The van der Waals surface area contributed by atoms with E-state index >= 15 is 0 Å². The molecule has 2 aromatic rings. The van der Waals surface area contributed by atoms with Crippen molar-refractivity contribution in [3.63, 3.8) is 0 Å². The highest BCUT2D eigenvalue weighted by Crippen LogP contribution is 2.20. The molecule has 5 nitrogen and oxygen atoms in total. The molecule has 1 aromatic heterocycles. The lowest BCUT2D eigenvalue weighted by Crippen LogP contribution is -2.46. The van der Waals surface area contributed by atoms with E-state index in [1.807, 2.05) is 36.4 Å². The van der Waals surface area contributed by atoms with Crippen molar-refractivity contribution in [2.24, 2.45) is 0 Å². The van der Waals surface area contributed by atoms with E-state index in [1.165, 1.54) is 18.3 Å². The molecule has 1 aromatic carbocycles. The highest BCUT2D eigenvalue weighted by Gasteiger charge is 2.28. The number of benzene rings is 1. The molecule has 0 spiro atoms. The zero-order valence-electron chi connectivity index (χ0n) is 11.6. The number of rotatable bonds is 4. The van der Waals surface area contributed by atoms with Crippen LogP contribution in [0.5, 0.6) is 0 Å². The van der Waals surface area contributed by atoms with E-state index in [4.69, 9.17) is 5.26 Å². The van der Waals surface area contributed by atoms with Gasteiger partial charge in [-0.3, -0.25) is 4.79 Å². The van der Waals surface area contributed by atoms with Gasteiger partial charge in [-0.25, -0.2) is 4.98 Å². The lowest BCUT2D eigenvalue weighted by molar-refractivity contribution is 0.0844. The third-order valence-electron chi connectivity index (χ3n) is 3.24. The number of pyridine rings is 1. The summed E-state index contributed by atoms with van der Waals surface area (Å²) in [5.41, 5.74) is 0.493. The molecule has 0 fully saturated rings. The zero-order valence-corrected chi connectivity index (χ0v) is 11.6. The van der Waals surface area contributed by atoms with E-state index in [9.17, 15) is 9.90 Å². The highest BCUT2D eigenvalue weighted by molar-refractivity contribution is 5.92. The number of aliphatic hydroxyl groups excluding tert-OH is 1. The first kappa shape index (κ1) is 14.7. The minimum absolute atomic E-state index is 0.199. The number of aromatic nitrogens is 1. The number of hydrogen-bond acceptors (Lipinski definition) is 4. The van der Waals surface area contributed by atoms with Crippen LogP contribution in [-0.2, 0) is 5.54 Å². The van der Waals surface area contributed by atoms with Gasteiger partial charge >= 0.3 is 0 Å². The average Bonchev–Trinajstić information content (AvgIpc) is 2.55. The molecule has 21 heavy (non-hydrogen) atoms. The van der Waals surface area contributed by atoms with Gasteiger partial charge in [-0.15, -0.1) is 0 Å². The van der Waals surface area contributed by atoms with Crippen LogP contribution in [0.1, 0.15) is 28.5 Å². The first-order valence-corrected chi connectivity index (χ1v) is 6.44. The van der Waals surface area contributed by atoms with E-state index in [0.29, 0.717) is 5.56 Å². The van der Waals surface area contributed by atoms with E-state index < -0.39 is 11.4 Å². The van der Waals surface area contributed by atoms with Gasteiger partial charge in [0.2, 0.25) is 0 Å². The largest absolute Gasteiger partial charge is 0.394 e. The zero-order chi connectivity index (χ0) is 15.3. The minimum atomic E-state index is -0.895. The van der Waals surface area contributed by atoms with Gasteiger partial charge < -0.3 is 10.4 Å². The van der Waals surface area contributed by atoms with Crippen LogP contribution in [0.2, 0.25) is 0 Å². The average molecular weight is 281 g/mol. The predicted molar refractivity (Wildman–Crippen MR) is 77.3 cm³/mol. The molecule has 106 valence electrons. The van der Waals surface area contributed by atoms with Gasteiger partial charge in [0.1, 0.15) is 11.8 Å². The van der Waals surface area contributed by atoms with Gasteiger partial charge in [-0.2, -0.15) is 5.26 Å². The Kier molecular flexibility index (Phi) is 4.31. The lowest BCUT2D eigenvalue weighted by Gasteiger charge is -2.29. The Morgan fingerprint density at radius 1 is 1.33 bits per heavy atom. The monoisotopic (exact) mass is 281 g/mol. The maximum absolute atomic E-state index is 12.2. The van der Waals surface area contributed by atoms with Crippen molar-refractivity contribution in [2.75, 3.05) is 6.61 Å². The van der Waals surface area contributed by atoms with Gasteiger partial charge in [0, 0.05) is 6.20 Å². The Morgan fingerprint density at radius 2 is 2.05 bits per heavy atom. The summed E-state index contributed by atoms with van der Waals surface area (Å²) in [6, 6.07) is 14.2. The quantitative estimate of drug-likeness (QED) is 0.891. The molecule has 2 N–H and O–H groups in total. The standard InChI is InChI=1S/C16H15N3O2/c1-16(11-20,13-5-3-2-4-6-13)19-15(21)14-8-7-12(9-17)10-18-14/h2-8,10,20H,11H2,1H3,(H,19,21). The summed E-state index contributed by atoms with van der Waals surface area (Å²) in [7, 11) is 0. The van der Waals surface area contributed by atoms with Crippen molar-refractivity contribution in [3.05, 3.63) is 65.5 Å². The van der Waals surface area contributed by atoms with Gasteiger partial charge in [0.25, 0.3) is 5.91 Å². The van der Waals surface area contributed by atoms with Crippen LogP contribution in [0.15, 0.2) is 48.7 Å². The normalized spacial score (nSPS) is 13.0. The first-order valence-electron chi connectivity index (χ1n) is 6.44. The van der Waals surface area contributed by atoms with E-state index in [1.54, 1.807) is 6.92 Å². The summed E-state index contributed by atoms with van der Waals surface area (Å²) in [6.45, 7) is 1.50. The molecule has 1 amide bonds. The molecule has 2 rings (SSSR count). The SMILES string of the molecule is CC(CO)(NC(=O)c1ccc(C#N)cn1)c1ccccc1. The minimum Gasteiger partial charge on any atom is -0.394 e. The molecule has 0 saturated carbocycles. The van der Waals surface area contributed by atoms with Crippen LogP contribution in [0.25, 0.3) is 0 Å². The second-order valence-electron chi connectivity index (χ2n) is 4.85. The van der Waals surface area contributed by atoms with Crippen LogP contribution in [0.4, 0.5) is 0 Å². The van der Waals surface area contributed by atoms with Crippen molar-refractivity contribution in [2.45, 2.75) is 12.5 Å². The number of hydrogen-bond donors (Lipinski definition) is 2. The van der Waals surface area contributed by atoms with Crippen molar-refractivity contribution in [3.8, 4) is 6.07 Å². The van der Waals surface area contributed by atoms with Crippen molar-refractivity contribution in [1.29, 1.82) is 5.26 Å². The summed E-state index contributed by atoms with van der Waals surface area (Å²) in [5.74, 6) is -0.403. The number of carbonyl (C=O) groups is 1. The Morgan fingerprint density at radius 3 is 2.57 bits per heavy atom. The topological polar surface area (TPSA) is 86.0 Å². The molecule has 0 saturated heterocycles. The smallest absolute Gasteiger partial charge is 0.270 e. The van der Waals surface area contributed by atoms with Crippen LogP contribution >= 0.6 is 0 Å². The number of amides is 1. The Bertz CT molecular complexity index is 662. The number of nitrogens with one attached hydrogen (secondary N) is 1. The maximum atomic E-state index is 12.2.